The molecule has 0 heterocycles. The van der Waals surface area contributed by atoms with Gasteiger partial charge in [-0.2, -0.15) is 0 Å². The van der Waals surface area contributed by atoms with Gasteiger partial charge < -0.3 is 9.47 Å². The van der Waals surface area contributed by atoms with Gasteiger partial charge in [0.25, 0.3) is 0 Å². The molecule has 3 nitrogen and oxygen atoms in total. The number of carbonyl (C=O) groups excluding carboxylic acids is 1. The fourth-order valence-corrected chi connectivity index (χ4v) is 1.15. The first-order valence-electron chi connectivity index (χ1n) is 4.18. The van der Waals surface area contributed by atoms with Crippen LogP contribution in [0.15, 0.2) is 30.3 Å². The number of halogens is 1. The molecule has 0 saturated carbocycles. The lowest BCUT2D eigenvalue weighted by Gasteiger charge is -2.12. The summed E-state index contributed by atoms with van der Waals surface area (Å²) in [6.07, 6.45) is -0.588. The van der Waals surface area contributed by atoms with E-state index in [2.05, 4.69) is 15.9 Å². The maximum Gasteiger partial charge on any atom is 0.347 e. The average molecular weight is 259 g/mol. The fraction of sp³-hybridized carbons (Fsp3) is 0.300. The van der Waals surface area contributed by atoms with E-state index in [1.165, 1.54) is 0 Å². The lowest BCUT2D eigenvalue weighted by atomic mass is 10.3. The van der Waals surface area contributed by atoms with Gasteiger partial charge in [0.05, 0.1) is 0 Å². The number of ether oxygens (including phenoxy) is 2. The quantitative estimate of drug-likeness (QED) is 0.615. The molecule has 76 valence electrons. The van der Waals surface area contributed by atoms with E-state index in [4.69, 9.17) is 9.47 Å². The Labute approximate surface area is 91.1 Å². The molecule has 0 fully saturated rings. The normalized spacial score (nSPS) is 11.9. The predicted octanol–water partition coefficient (Wildman–Crippen LogP) is 2.35. The number of hydrogen-bond acceptors (Lipinski definition) is 3. The molecule has 0 aliphatic heterocycles. The zero-order valence-electron chi connectivity index (χ0n) is 7.77. The van der Waals surface area contributed by atoms with Gasteiger partial charge in [-0.05, 0) is 35.0 Å². The van der Waals surface area contributed by atoms with Crippen LogP contribution < -0.4 is 4.74 Å². The summed E-state index contributed by atoms with van der Waals surface area (Å²) in [5.41, 5.74) is 0.189. The molecular weight excluding hydrogens is 248 g/mol. The van der Waals surface area contributed by atoms with E-state index < -0.39 is 6.10 Å². The lowest BCUT2D eigenvalue weighted by Crippen LogP contribution is -2.25. The van der Waals surface area contributed by atoms with Gasteiger partial charge in [-0.25, -0.2) is 4.79 Å². The molecule has 0 spiro atoms. The molecule has 4 heteroatoms. The third-order valence-corrected chi connectivity index (χ3v) is 1.81. The molecule has 1 unspecified atom stereocenters. The molecule has 0 aromatic heterocycles. The SMILES string of the molecule is CC(Oc1ccccc1)C(=O)OCBr. The minimum atomic E-state index is -0.588. The Balaban J connectivity index is 2.49. The highest BCUT2D eigenvalue weighted by atomic mass is 79.9. The smallest absolute Gasteiger partial charge is 0.347 e. The predicted molar refractivity (Wildman–Crippen MR) is 56.4 cm³/mol. The molecule has 1 aromatic rings. The van der Waals surface area contributed by atoms with Crippen molar-refractivity contribution in [2.24, 2.45) is 0 Å². The van der Waals surface area contributed by atoms with Gasteiger partial charge in [0, 0.05) is 0 Å². The summed E-state index contributed by atoms with van der Waals surface area (Å²) >= 11 is 3.01. The van der Waals surface area contributed by atoms with Gasteiger partial charge in [-0.15, -0.1) is 0 Å². The minimum absolute atomic E-state index is 0.189. The number of para-hydroxylation sites is 1. The van der Waals surface area contributed by atoms with Crippen LogP contribution >= 0.6 is 15.9 Å². The largest absolute Gasteiger partial charge is 0.479 e. The maximum absolute atomic E-state index is 11.2. The molecule has 0 bridgehead atoms. The highest BCUT2D eigenvalue weighted by molar-refractivity contribution is 9.09. The van der Waals surface area contributed by atoms with Crippen molar-refractivity contribution in [1.82, 2.24) is 0 Å². The first-order chi connectivity index (χ1) is 6.74. The summed E-state index contributed by atoms with van der Waals surface area (Å²) in [5.74, 6) is 0.275. The Hall–Kier alpha value is -1.03. The standard InChI is InChI=1S/C10H11BrO3/c1-8(10(12)13-7-11)14-9-5-3-2-4-6-9/h2-6,8H,7H2,1H3. The van der Waals surface area contributed by atoms with Crippen molar-refractivity contribution in [3.05, 3.63) is 30.3 Å². The molecule has 0 aliphatic carbocycles. The molecule has 1 atom stereocenters. The van der Waals surface area contributed by atoms with Gasteiger partial charge in [0.1, 0.15) is 11.3 Å². The van der Waals surface area contributed by atoms with Crippen molar-refractivity contribution in [3.63, 3.8) is 0 Å². The topological polar surface area (TPSA) is 35.5 Å². The van der Waals surface area contributed by atoms with E-state index in [1.54, 1.807) is 19.1 Å². The summed E-state index contributed by atoms with van der Waals surface area (Å²) in [4.78, 5) is 11.2. The van der Waals surface area contributed by atoms with Crippen molar-refractivity contribution in [1.29, 1.82) is 0 Å². The van der Waals surface area contributed by atoms with Crippen molar-refractivity contribution >= 4 is 21.9 Å². The number of carbonyl (C=O) groups is 1. The summed E-state index contributed by atoms with van der Waals surface area (Å²) < 4.78 is 10.1. The number of alkyl halides is 1. The van der Waals surface area contributed by atoms with E-state index in [-0.39, 0.29) is 11.5 Å². The number of benzene rings is 1. The Bertz CT molecular complexity index is 287. The monoisotopic (exact) mass is 258 g/mol. The Morgan fingerprint density at radius 2 is 2.07 bits per heavy atom. The first kappa shape index (κ1) is 11.0. The Morgan fingerprint density at radius 1 is 1.43 bits per heavy atom. The van der Waals surface area contributed by atoms with Gasteiger partial charge in [-0.3, -0.25) is 0 Å². The molecule has 1 aromatic carbocycles. The van der Waals surface area contributed by atoms with Gasteiger partial charge in [0.2, 0.25) is 0 Å². The van der Waals surface area contributed by atoms with E-state index in [1.807, 2.05) is 18.2 Å². The molecule has 0 N–H and O–H groups in total. The van der Waals surface area contributed by atoms with Crippen LogP contribution in [0.5, 0.6) is 5.75 Å². The Morgan fingerprint density at radius 3 is 2.64 bits per heavy atom. The molecule has 14 heavy (non-hydrogen) atoms. The van der Waals surface area contributed by atoms with E-state index in [0.29, 0.717) is 5.75 Å². The van der Waals surface area contributed by atoms with Crippen LogP contribution in [0.25, 0.3) is 0 Å². The fourth-order valence-electron chi connectivity index (χ4n) is 0.922. The first-order valence-corrected chi connectivity index (χ1v) is 5.30. The van der Waals surface area contributed by atoms with Crippen LogP contribution in [-0.4, -0.2) is 17.6 Å². The number of hydrogen-bond donors (Lipinski definition) is 0. The average Bonchev–Trinajstić information content (AvgIpc) is 2.19. The van der Waals surface area contributed by atoms with E-state index in [9.17, 15) is 4.79 Å². The van der Waals surface area contributed by atoms with Crippen LogP contribution in [0.2, 0.25) is 0 Å². The minimum Gasteiger partial charge on any atom is -0.479 e. The van der Waals surface area contributed by atoms with E-state index in [0.717, 1.165) is 0 Å². The highest BCUT2D eigenvalue weighted by Crippen LogP contribution is 2.11. The van der Waals surface area contributed by atoms with Crippen LogP contribution in [0, 0.1) is 0 Å². The van der Waals surface area contributed by atoms with Crippen LogP contribution in [0.1, 0.15) is 6.92 Å². The van der Waals surface area contributed by atoms with Crippen LogP contribution in [-0.2, 0) is 9.53 Å². The second-order valence-electron chi connectivity index (χ2n) is 2.65. The molecule has 0 aliphatic rings. The highest BCUT2D eigenvalue weighted by Gasteiger charge is 2.15. The number of esters is 1. The van der Waals surface area contributed by atoms with Crippen molar-refractivity contribution < 1.29 is 14.3 Å². The zero-order valence-corrected chi connectivity index (χ0v) is 9.36. The second-order valence-corrected chi connectivity index (χ2v) is 3.10. The van der Waals surface area contributed by atoms with Crippen LogP contribution in [0.4, 0.5) is 0 Å². The molecule has 1 rings (SSSR count). The maximum atomic E-state index is 11.2. The summed E-state index contributed by atoms with van der Waals surface area (Å²) in [7, 11) is 0. The molecule has 0 radical (unpaired) electrons. The van der Waals surface area contributed by atoms with Gasteiger partial charge in [-0.1, -0.05) is 18.2 Å². The lowest BCUT2D eigenvalue weighted by molar-refractivity contribution is -0.148. The number of rotatable bonds is 4. The van der Waals surface area contributed by atoms with Crippen molar-refractivity contribution in [2.45, 2.75) is 13.0 Å². The second kappa shape index (κ2) is 5.65. The van der Waals surface area contributed by atoms with Gasteiger partial charge >= 0.3 is 5.97 Å². The molecular formula is C10H11BrO3. The molecule has 0 amide bonds. The third-order valence-electron chi connectivity index (χ3n) is 1.58. The molecule has 0 saturated heterocycles. The van der Waals surface area contributed by atoms with Crippen molar-refractivity contribution in [2.75, 3.05) is 5.52 Å². The van der Waals surface area contributed by atoms with Gasteiger partial charge in [0.15, 0.2) is 6.10 Å². The van der Waals surface area contributed by atoms with Crippen molar-refractivity contribution in [3.8, 4) is 5.75 Å². The zero-order chi connectivity index (χ0) is 10.4. The summed E-state index contributed by atoms with van der Waals surface area (Å²) in [6.45, 7) is 1.65. The Kier molecular flexibility index (Phi) is 4.46. The summed E-state index contributed by atoms with van der Waals surface area (Å²) in [5, 5.41) is 0. The van der Waals surface area contributed by atoms with E-state index >= 15 is 0 Å². The third kappa shape index (κ3) is 3.38. The summed E-state index contributed by atoms with van der Waals surface area (Å²) in [6, 6.07) is 9.15. The van der Waals surface area contributed by atoms with Crippen LogP contribution in [0.3, 0.4) is 0 Å².